The van der Waals surface area contributed by atoms with Gasteiger partial charge in [-0.3, -0.25) is 9.59 Å². The maximum absolute atomic E-state index is 11.2. The third kappa shape index (κ3) is 4.10. The Bertz CT molecular complexity index is 367. The fourth-order valence-corrected chi connectivity index (χ4v) is 0.917. The van der Waals surface area contributed by atoms with Gasteiger partial charge in [0.25, 0.3) is 5.91 Å². The molecule has 0 aliphatic heterocycles. The van der Waals surface area contributed by atoms with Crippen LogP contribution in [0.25, 0.3) is 0 Å². The van der Waals surface area contributed by atoms with E-state index >= 15 is 0 Å². The smallest absolute Gasteiger partial charge is 0.322 e. The summed E-state index contributed by atoms with van der Waals surface area (Å²) in [5, 5.41) is 19.7. The zero-order chi connectivity index (χ0) is 10.6. The first-order valence-electron chi connectivity index (χ1n) is 3.89. The summed E-state index contributed by atoms with van der Waals surface area (Å²) < 4.78 is 0. The van der Waals surface area contributed by atoms with Crippen molar-refractivity contribution in [1.82, 2.24) is 5.32 Å². The Morgan fingerprint density at radius 2 is 1.87 bits per heavy atom. The summed E-state index contributed by atoms with van der Waals surface area (Å²) >= 11 is 0. The molecular formula is C9H9NO4Tc. The minimum absolute atomic E-state index is 0. The number of carbonyl (C=O) groups excluding carboxylic acids is 1. The van der Waals surface area contributed by atoms with Gasteiger partial charge in [0.1, 0.15) is 12.3 Å². The van der Waals surface area contributed by atoms with E-state index in [9.17, 15) is 14.7 Å². The normalized spacial score (nSPS) is 8.80. The second kappa shape index (κ2) is 6.16. The first kappa shape index (κ1) is 13.6. The van der Waals surface area contributed by atoms with E-state index in [2.05, 4.69) is 5.32 Å². The number of hydrogen-bond donors (Lipinski definition) is 3. The summed E-state index contributed by atoms with van der Waals surface area (Å²) in [4.78, 5) is 21.4. The van der Waals surface area contributed by atoms with Crippen molar-refractivity contribution in [1.29, 1.82) is 0 Å². The standard InChI is InChI=1S/C9H9NO4.Tc/c11-7-4-2-1-3-6(7)9(14)10-5-8(12)13;/h1-4,11H,5H2,(H,10,14)(H,12,13);/i;1+1. The fourth-order valence-electron chi connectivity index (χ4n) is 0.917. The second-order valence-corrected chi connectivity index (χ2v) is 2.59. The number of carboxylic acids is 1. The Balaban J connectivity index is 0.00000196. The average molecular weight is 294 g/mol. The summed E-state index contributed by atoms with van der Waals surface area (Å²) in [5.41, 5.74) is 0.0637. The molecule has 1 aromatic carbocycles. The summed E-state index contributed by atoms with van der Waals surface area (Å²) in [6, 6.07) is 5.92. The first-order chi connectivity index (χ1) is 6.61. The number of rotatable bonds is 3. The van der Waals surface area contributed by atoms with Crippen molar-refractivity contribution in [3.8, 4) is 5.75 Å². The van der Waals surface area contributed by atoms with Gasteiger partial charge in [-0.1, -0.05) is 12.1 Å². The van der Waals surface area contributed by atoms with Gasteiger partial charge in [0.05, 0.1) is 5.56 Å². The Hall–Kier alpha value is -1.39. The molecule has 1 rings (SSSR count). The SMILES string of the molecule is O=C(O)CNC(=O)c1ccccc1O.[99Tc]. The van der Waals surface area contributed by atoms with Gasteiger partial charge in [-0.05, 0) is 12.1 Å². The molecule has 1 aromatic rings. The predicted octanol–water partition coefficient (Wildman–Crippen LogP) is 0.204. The molecule has 15 heavy (non-hydrogen) atoms. The zero-order valence-electron chi connectivity index (χ0n) is 7.61. The molecule has 1 radical (unpaired) electrons. The number of phenols is 1. The van der Waals surface area contributed by atoms with Crippen LogP contribution in [-0.2, 0) is 24.9 Å². The van der Waals surface area contributed by atoms with E-state index in [4.69, 9.17) is 5.11 Å². The Kier molecular flexibility index (Phi) is 5.59. The monoisotopic (exact) mass is 294 g/mol. The molecule has 0 saturated carbocycles. The minimum Gasteiger partial charge on any atom is -0.507 e. The maximum atomic E-state index is 11.2. The second-order valence-electron chi connectivity index (χ2n) is 2.59. The van der Waals surface area contributed by atoms with E-state index in [-0.39, 0.29) is 31.4 Å². The molecule has 0 heterocycles. The van der Waals surface area contributed by atoms with E-state index in [0.29, 0.717) is 0 Å². The third-order valence-corrected chi connectivity index (χ3v) is 1.55. The van der Waals surface area contributed by atoms with Crippen LogP contribution in [0.3, 0.4) is 0 Å². The van der Waals surface area contributed by atoms with E-state index in [1.54, 1.807) is 12.1 Å². The van der Waals surface area contributed by atoms with Crippen molar-refractivity contribution in [3.63, 3.8) is 0 Å². The first-order valence-corrected chi connectivity index (χ1v) is 3.89. The van der Waals surface area contributed by atoms with Crippen molar-refractivity contribution in [3.05, 3.63) is 29.8 Å². The fraction of sp³-hybridized carbons (Fsp3) is 0.111. The van der Waals surface area contributed by atoms with Gasteiger partial charge in [0, 0.05) is 20.1 Å². The number of hydrogen-bond acceptors (Lipinski definition) is 3. The van der Waals surface area contributed by atoms with Gasteiger partial charge in [-0.15, -0.1) is 0 Å². The van der Waals surface area contributed by atoms with Crippen LogP contribution < -0.4 is 5.32 Å². The van der Waals surface area contributed by atoms with Gasteiger partial charge in [0.15, 0.2) is 0 Å². The number of para-hydroxylation sites is 1. The molecule has 0 bridgehead atoms. The van der Waals surface area contributed by atoms with Gasteiger partial charge in [-0.25, -0.2) is 0 Å². The molecule has 0 atom stereocenters. The maximum Gasteiger partial charge on any atom is 0.322 e. The number of aromatic hydroxyl groups is 1. The quantitative estimate of drug-likeness (QED) is 0.743. The Labute approximate surface area is 99.5 Å². The molecule has 0 saturated heterocycles. The van der Waals surface area contributed by atoms with Crippen molar-refractivity contribution in [2.45, 2.75) is 0 Å². The van der Waals surface area contributed by atoms with Crippen LogP contribution in [0.1, 0.15) is 10.4 Å². The van der Waals surface area contributed by atoms with Crippen molar-refractivity contribution in [2.24, 2.45) is 0 Å². The molecule has 1 amide bonds. The number of amides is 1. The van der Waals surface area contributed by atoms with Gasteiger partial charge >= 0.3 is 5.97 Å². The minimum atomic E-state index is -1.13. The molecule has 0 spiro atoms. The molecule has 6 heteroatoms. The molecule has 81 valence electrons. The van der Waals surface area contributed by atoms with Crippen LogP contribution in [0.4, 0.5) is 0 Å². The van der Waals surface area contributed by atoms with Crippen LogP contribution in [-0.4, -0.2) is 28.6 Å². The van der Waals surface area contributed by atoms with Crippen molar-refractivity contribution >= 4 is 11.9 Å². The van der Waals surface area contributed by atoms with Gasteiger partial charge in [-0.2, -0.15) is 0 Å². The van der Waals surface area contributed by atoms with E-state index < -0.39 is 18.4 Å². The molecule has 0 aliphatic rings. The van der Waals surface area contributed by atoms with Crippen LogP contribution >= 0.6 is 0 Å². The summed E-state index contributed by atoms with van der Waals surface area (Å²) in [7, 11) is 0. The molecule has 0 unspecified atom stereocenters. The number of nitrogens with one attached hydrogen (secondary N) is 1. The summed E-state index contributed by atoms with van der Waals surface area (Å²) in [6.45, 7) is -0.465. The van der Waals surface area contributed by atoms with Gasteiger partial charge in [0.2, 0.25) is 0 Å². The molecule has 0 aromatic heterocycles. The summed E-state index contributed by atoms with van der Waals surface area (Å²) in [5.74, 6) is -1.91. The van der Waals surface area contributed by atoms with Crippen LogP contribution in [0.15, 0.2) is 24.3 Å². The zero-order valence-corrected chi connectivity index (χ0v) is 9.46. The van der Waals surface area contributed by atoms with Crippen molar-refractivity contribution < 1.29 is 39.9 Å². The molecule has 0 fully saturated rings. The Morgan fingerprint density at radius 3 is 2.40 bits per heavy atom. The van der Waals surface area contributed by atoms with Crippen molar-refractivity contribution in [2.75, 3.05) is 6.54 Å². The average Bonchev–Trinajstić information content (AvgIpc) is 2.15. The van der Waals surface area contributed by atoms with E-state index in [1.807, 2.05) is 0 Å². The molecule has 5 nitrogen and oxygen atoms in total. The summed E-state index contributed by atoms with van der Waals surface area (Å²) in [6.07, 6.45) is 0. The van der Waals surface area contributed by atoms with E-state index in [1.165, 1.54) is 12.1 Å². The Morgan fingerprint density at radius 1 is 1.27 bits per heavy atom. The number of phenolic OH excluding ortho intramolecular Hbond substituents is 1. The van der Waals surface area contributed by atoms with Crippen LogP contribution in [0, 0.1) is 0 Å². The van der Waals surface area contributed by atoms with Gasteiger partial charge < -0.3 is 15.5 Å². The topological polar surface area (TPSA) is 86.6 Å². The van der Waals surface area contributed by atoms with Crippen LogP contribution in [0.2, 0.25) is 0 Å². The van der Waals surface area contributed by atoms with Crippen LogP contribution in [0.5, 0.6) is 5.75 Å². The molecular weight excluding hydrogens is 285 g/mol. The van der Waals surface area contributed by atoms with E-state index in [0.717, 1.165) is 0 Å². The number of benzene rings is 1. The largest absolute Gasteiger partial charge is 0.507 e. The predicted molar refractivity (Wildman–Crippen MR) is 48.1 cm³/mol. The number of carbonyl (C=O) groups is 2. The third-order valence-electron chi connectivity index (χ3n) is 1.55. The number of aliphatic carboxylic acids is 1. The molecule has 0 aliphatic carbocycles. The molecule has 3 N–H and O–H groups in total. The number of carboxylic acid groups (broad SMARTS) is 1.